The summed E-state index contributed by atoms with van der Waals surface area (Å²) < 4.78 is 0. The molecule has 11 rings (SSSR count). The van der Waals surface area contributed by atoms with Gasteiger partial charge in [0.25, 0.3) is 0 Å². The molecule has 0 nitrogen and oxygen atoms in total. The fourth-order valence-electron chi connectivity index (χ4n) is 11.6. The fraction of sp³-hybridized carbons (Fsp3) is 0.188. The average Bonchev–Trinajstić information content (AvgIpc) is 3.30. The Morgan fingerprint density at radius 2 is 0.515 bits per heavy atom. The molecule has 11 aromatic rings. The molecule has 68 heavy (non-hydrogen) atoms. The summed E-state index contributed by atoms with van der Waals surface area (Å²) in [6.07, 6.45) is 0. The minimum Gasteiger partial charge on any atom is -0.0656 e. The number of benzene rings is 11. The Morgan fingerprint density at radius 1 is 0.221 bits per heavy atom. The summed E-state index contributed by atoms with van der Waals surface area (Å²) in [6, 6.07) is 67.0. The molecule has 0 amide bonds. The van der Waals surface area contributed by atoms with Gasteiger partial charge < -0.3 is 0 Å². The Kier molecular flexibility index (Phi) is 10.4. The van der Waals surface area contributed by atoms with E-state index in [0.29, 0.717) is 0 Å². The van der Waals surface area contributed by atoms with Crippen LogP contribution in [-0.4, -0.2) is 32.3 Å². The molecule has 4 heteroatoms. The van der Waals surface area contributed by atoms with E-state index >= 15 is 0 Å². The Hall–Kier alpha value is -5.89. The minimum absolute atomic E-state index is 1.27. The highest BCUT2D eigenvalue weighted by atomic mass is 28.3. The Bertz CT molecular complexity index is 3690. The lowest BCUT2D eigenvalue weighted by Crippen LogP contribution is -2.38. The topological polar surface area (TPSA) is 0 Å². The van der Waals surface area contributed by atoms with Crippen LogP contribution in [0.15, 0.2) is 170 Å². The van der Waals surface area contributed by atoms with Gasteiger partial charge in [0, 0.05) is 0 Å². The second-order valence-corrected chi connectivity index (χ2v) is 43.9. The number of hydrogen-bond acceptors (Lipinski definition) is 0. The maximum absolute atomic E-state index is 2.56. The quantitative estimate of drug-likeness (QED) is 0.105. The Balaban J connectivity index is 1.33. The molecule has 0 aromatic heterocycles. The maximum atomic E-state index is 2.56. The zero-order chi connectivity index (χ0) is 47.7. The third kappa shape index (κ3) is 7.26. The van der Waals surface area contributed by atoms with Crippen molar-refractivity contribution in [3.8, 4) is 44.5 Å². The van der Waals surface area contributed by atoms with Crippen molar-refractivity contribution in [3.05, 3.63) is 170 Å². The van der Waals surface area contributed by atoms with Gasteiger partial charge in [-0.05, 0) is 121 Å². The van der Waals surface area contributed by atoms with E-state index in [1.807, 2.05) is 0 Å². The molecular weight excluding hydrogens is 881 g/mol. The van der Waals surface area contributed by atoms with Crippen LogP contribution >= 0.6 is 0 Å². The number of fused-ring (bicyclic) bond motifs is 3. The molecule has 0 N–H and O–H groups in total. The second kappa shape index (κ2) is 15.8. The van der Waals surface area contributed by atoms with Gasteiger partial charge in [-0.1, -0.05) is 257 Å². The largest absolute Gasteiger partial charge is 0.0784 e. The molecule has 0 atom stereocenters. The van der Waals surface area contributed by atoms with Crippen LogP contribution in [0.25, 0.3) is 109 Å². The van der Waals surface area contributed by atoms with Gasteiger partial charge in [0.2, 0.25) is 0 Å². The van der Waals surface area contributed by atoms with Crippen LogP contribution in [0, 0.1) is 0 Å². The zero-order valence-corrected chi connectivity index (χ0v) is 46.2. The van der Waals surface area contributed by atoms with Crippen LogP contribution < -0.4 is 20.7 Å². The fourth-order valence-corrected chi connectivity index (χ4v) is 17.6. The molecule has 0 radical (unpaired) electrons. The van der Waals surface area contributed by atoms with Crippen molar-refractivity contribution in [2.24, 2.45) is 0 Å². The van der Waals surface area contributed by atoms with E-state index < -0.39 is 32.3 Å². The van der Waals surface area contributed by atoms with E-state index in [-0.39, 0.29) is 0 Å². The molecule has 0 spiro atoms. The molecule has 0 unspecified atom stereocenters. The van der Waals surface area contributed by atoms with Gasteiger partial charge in [0.1, 0.15) is 0 Å². The lowest BCUT2D eigenvalue weighted by atomic mass is 9.80. The third-order valence-corrected chi connectivity index (χ3v) is 23.2. The monoisotopic (exact) mass is 944 g/mol. The van der Waals surface area contributed by atoms with Gasteiger partial charge in [-0.15, -0.1) is 0 Å². The van der Waals surface area contributed by atoms with E-state index in [4.69, 9.17) is 0 Å². The summed E-state index contributed by atoms with van der Waals surface area (Å²) in [4.78, 5) is 0. The maximum Gasteiger partial charge on any atom is 0.0784 e. The van der Waals surface area contributed by atoms with Crippen molar-refractivity contribution in [1.29, 1.82) is 0 Å². The first-order valence-electron chi connectivity index (χ1n) is 24.8. The molecule has 11 aromatic carbocycles. The molecule has 0 fully saturated rings. The van der Waals surface area contributed by atoms with E-state index in [1.54, 1.807) is 0 Å². The number of rotatable bonds is 8. The number of hydrogen-bond donors (Lipinski definition) is 0. The zero-order valence-electron chi connectivity index (χ0n) is 42.2. The predicted octanol–water partition coefficient (Wildman–Crippen LogP) is 16.9. The van der Waals surface area contributed by atoms with E-state index in [1.165, 1.54) is 130 Å². The standard InChI is InChI=1S/C64H64Si4/c1-65(2,3)42-27-25-41(26-28-42)56-39-57(46-33-36-60(66(4,5)6)49-22-16-13-19-43(46)49)53-31-32-55-59(48-35-38-62(68(10,11)12)51-24-18-15-21-45(48)51)40-58(54-30-29-52(56)63(53)64(54)55)47-34-37-61(67(7,8)9)50-23-17-14-20-44(47)50/h13-40H,1-12H3. The highest BCUT2D eigenvalue weighted by Crippen LogP contribution is 2.50. The minimum atomic E-state index is -1.66. The van der Waals surface area contributed by atoms with Gasteiger partial charge in [-0.3, -0.25) is 0 Å². The Morgan fingerprint density at radius 3 is 0.824 bits per heavy atom. The van der Waals surface area contributed by atoms with Crippen LogP contribution in [0.2, 0.25) is 78.6 Å². The summed E-state index contributed by atoms with van der Waals surface area (Å²) >= 11 is 0. The predicted molar refractivity (Wildman–Crippen MR) is 316 cm³/mol. The summed E-state index contributed by atoms with van der Waals surface area (Å²) in [7, 11) is -6.49. The molecule has 0 aliphatic heterocycles. The van der Waals surface area contributed by atoms with Crippen molar-refractivity contribution >= 4 is 118 Å². The van der Waals surface area contributed by atoms with E-state index in [2.05, 4.69) is 248 Å². The average molecular weight is 946 g/mol. The van der Waals surface area contributed by atoms with Crippen molar-refractivity contribution in [2.75, 3.05) is 0 Å². The first-order valence-corrected chi connectivity index (χ1v) is 38.8. The van der Waals surface area contributed by atoms with Crippen molar-refractivity contribution in [3.63, 3.8) is 0 Å². The van der Waals surface area contributed by atoms with Crippen molar-refractivity contribution in [1.82, 2.24) is 0 Å². The van der Waals surface area contributed by atoms with Crippen LogP contribution in [0.1, 0.15) is 0 Å². The second-order valence-electron chi connectivity index (χ2n) is 23.7. The molecule has 336 valence electrons. The molecule has 0 heterocycles. The summed E-state index contributed by atoms with van der Waals surface area (Å²) in [6.45, 7) is 29.7. The van der Waals surface area contributed by atoms with Crippen LogP contribution in [0.4, 0.5) is 0 Å². The SMILES string of the molecule is C[Si](C)(C)c1ccc(-c2cc(-c3ccc([Si](C)(C)C)c4ccccc34)c3ccc4c(-c5ccc([Si](C)(C)C)c6ccccc56)cc(-c5ccc([Si](C)(C)C)c6ccccc56)c5ccc2c3c54)cc1. The lowest BCUT2D eigenvalue weighted by molar-refractivity contribution is 1.64. The van der Waals surface area contributed by atoms with Crippen molar-refractivity contribution < 1.29 is 0 Å². The lowest BCUT2D eigenvalue weighted by Gasteiger charge is -2.25. The van der Waals surface area contributed by atoms with Crippen LogP contribution in [-0.2, 0) is 0 Å². The molecule has 0 saturated heterocycles. The molecule has 0 bridgehead atoms. The highest BCUT2D eigenvalue weighted by Gasteiger charge is 2.28. The normalized spacial score (nSPS) is 13.0. The van der Waals surface area contributed by atoms with Gasteiger partial charge in [0.15, 0.2) is 0 Å². The van der Waals surface area contributed by atoms with Crippen LogP contribution in [0.5, 0.6) is 0 Å². The summed E-state index contributed by atoms with van der Waals surface area (Å²) in [5.41, 5.74) is 10.4. The first-order chi connectivity index (χ1) is 32.3. The Labute approximate surface area is 408 Å². The first kappa shape index (κ1) is 44.6. The van der Waals surface area contributed by atoms with Gasteiger partial charge in [0.05, 0.1) is 32.3 Å². The highest BCUT2D eigenvalue weighted by molar-refractivity contribution is 6.91. The van der Waals surface area contributed by atoms with Crippen molar-refractivity contribution in [2.45, 2.75) is 78.6 Å². The molecule has 0 aliphatic rings. The molecular formula is C64H64Si4. The van der Waals surface area contributed by atoms with Gasteiger partial charge >= 0.3 is 0 Å². The molecule has 0 saturated carbocycles. The van der Waals surface area contributed by atoms with Gasteiger partial charge in [-0.2, -0.15) is 0 Å². The van der Waals surface area contributed by atoms with Crippen LogP contribution in [0.3, 0.4) is 0 Å². The smallest absolute Gasteiger partial charge is 0.0656 e. The summed E-state index contributed by atoms with van der Waals surface area (Å²) in [5, 5.41) is 22.2. The van der Waals surface area contributed by atoms with Gasteiger partial charge in [-0.25, -0.2) is 0 Å². The molecule has 0 aliphatic carbocycles. The summed E-state index contributed by atoms with van der Waals surface area (Å²) in [5.74, 6) is 0. The van der Waals surface area contributed by atoms with E-state index in [0.717, 1.165) is 0 Å². The van der Waals surface area contributed by atoms with E-state index in [9.17, 15) is 0 Å². The third-order valence-electron chi connectivity index (χ3n) is 15.0.